The standard InChI is InChI=1S/C42H52N4O4/c1-6-24-16-23-20-42(41(48)50-5)38-29(14-15-46(21-23)39(24)42)28-13-12-26(17-34(28)44-38)31-18-30-25(7-2)22-45(3)35(36(30)40(47)49-4)19-32-27-10-8-9-11-33(27)43-37(31)32/h8-13,17,23-25,30-31,35-36,39,43-44H,6-7,14-16,18-22H2,1-5H3/t23-,24+,25-,30+,31-,35+,36+,39+,42-/m1/s1. The number of ether oxygens (including phenoxy) is 2. The van der Waals surface area contributed by atoms with Gasteiger partial charge < -0.3 is 24.3 Å². The van der Waals surface area contributed by atoms with Gasteiger partial charge in [0.1, 0.15) is 5.41 Å². The first-order valence-corrected chi connectivity index (χ1v) is 19.2. The number of rotatable bonds is 5. The summed E-state index contributed by atoms with van der Waals surface area (Å²) in [5, 5.41) is 2.47. The van der Waals surface area contributed by atoms with Gasteiger partial charge in [-0.25, -0.2) is 0 Å². The Morgan fingerprint density at radius 3 is 2.50 bits per heavy atom. The van der Waals surface area contributed by atoms with Crippen molar-refractivity contribution in [3.8, 4) is 0 Å². The lowest BCUT2D eigenvalue weighted by Gasteiger charge is -2.57. The largest absolute Gasteiger partial charge is 0.469 e. The van der Waals surface area contributed by atoms with Crippen LogP contribution >= 0.6 is 0 Å². The maximum absolute atomic E-state index is 14.1. The van der Waals surface area contributed by atoms with Crippen molar-refractivity contribution in [2.45, 2.75) is 82.2 Å². The molecule has 0 radical (unpaired) electrons. The van der Waals surface area contributed by atoms with E-state index >= 15 is 0 Å². The van der Waals surface area contributed by atoms with Crippen molar-refractivity contribution in [1.82, 2.24) is 19.8 Å². The molecule has 1 unspecified atom stereocenters. The zero-order valence-corrected chi connectivity index (χ0v) is 30.3. The molecular formula is C42H52N4O4. The summed E-state index contributed by atoms with van der Waals surface area (Å²) >= 11 is 0. The fourth-order valence-electron chi connectivity index (χ4n) is 12.2. The molecule has 4 aliphatic heterocycles. The van der Waals surface area contributed by atoms with Gasteiger partial charge in [0.05, 0.1) is 20.1 Å². The van der Waals surface area contributed by atoms with Crippen molar-refractivity contribution in [1.29, 1.82) is 0 Å². The Balaban J connectivity index is 1.22. The molecular weight excluding hydrogens is 624 g/mol. The lowest BCUT2D eigenvalue weighted by molar-refractivity contribution is -0.162. The summed E-state index contributed by atoms with van der Waals surface area (Å²) in [6, 6.07) is 15.9. The van der Waals surface area contributed by atoms with Crippen molar-refractivity contribution in [3.63, 3.8) is 0 Å². The van der Waals surface area contributed by atoms with E-state index in [2.05, 4.69) is 83.1 Å². The molecule has 50 heavy (non-hydrogen) atoms. The van der Waals surface area contributed by atoms with Gasteiger partial charge in [-0.1, -0.05) is 57.0 Å². The second-order valence-corrected chi connectivity index (χ2v) is 16.4. The van der Waals surface area contributed by atoms with Crippen LogP contribution in [0.25, 0.3) is 21.8 Å². The zero-order valence-electron chi connectivity index (χ0n) is 30.3. The second-order valence-electron chi connectivity index (χ2n) is 16.4. The third kappa shape index (κ3) is 4.49. The highest BCUT2D eigenvalue weighted by atomic mass is 16.5. The highest BCUT2D eigenvalue weighted by Gasteiger charge is 2.62. The number of nitrogens with zero attached hydrogens (tertiary/aromatic N) is 2. The highest BCUT2D eigenvalue weighted by Crippen LogP contribution is 2.56. The quantitative estimate of drug-likeness (QED) is 0.233. The molecule has 1 saturated carbocycles. The number of fused-ring (bicyclic) bond motifs is 9. The van der Waals surface area contributed by atoms with Crippen molar-refractivity contribution >= 4 is 33.7 Å². The molecule has 0 spiro atoms. The van der Waals surface area contributed by atoms with E-state index in [1.54, 1.807) is 14.2 Å². The summed E-state index contributed by atoms with van der Waals surface area (Å²) in [6.07, 6.45) is 6.77. The molecule has 8 heteroatoms. The number of likely N-dealkylation sites (N-methyl/N-ethyl adjacent to an activating group) is 1. The summed E-state index contributed by atoms with van der Waals surface area (Å²) in [4.78, 5) is 40.7. The van der Waals surface area contributed by atoms with Crippen LogP contribution in [0.3, 0.4) is 0 Å². The van der Waals surface area contributed by atoms with Crippen LogP contribution in [-0.2, 0) is 37.3 Å². The van der Waals surface area contributed by atoms with Gasteiger partial charge in [-0.05, 0) is 91.6 Å². The van der Waals surface area contributed by atoms with Crippen LogP contribution in [0, 0.1) is 29.6 Å². The van der Waals surface area contributed by atoms with E-state index in [4.69, 9.17) is 9.47 Å². The Morgan fingerprint density at radius 1 is 0.920 bits per heavy atom. The number of aromatic nitrogens is 2. The maximum Gasteiger partial charge on any atom is 0.319 e. The number of nitrogens with one attached hydrogen (secondary N) is 2. The maximum atomic E-state index is 14.1. The number of benzene rings is 2. The van der Waals surface area contributed by atoms with Crippen molar-refractivity contribution < 1.29 is 19.1 Å². The first kappa shape index (κ1) is 32.3. The summed E-state index contributed by atoms with van der Waals surface area (Å²) in [7, 11) is 5.31. The zero-order chi connectivity index (χ0) is 34.5. The average Bonchev–Trinajstić information content (AvgIpc) is 3.67. The van der Waals surface area contributed by atoms with E-state index in [0.717, 1.165) is 74.9 Å². The molecule has 10 rings (SSSR count). The topological polar surface area (TPSA) is 90.7 Å². The van der Waals surface area contributed by atoms with E-state index in [0.29, 0.717) is 17.8 Å². The smallest absolute Gasteiger partial charge is 0.319 e. The average molecular weight is 677 g/mol. The molecule has 10 atom stereocenters. The Kier molecular flexibility index (Phi) is 7.74. The Bertz CT molecular complexity index is 1980. The first-order valence-electron chi connectivity index (χ1n) is 19.2. The van der Waals surface area contributed by atoms with Gasteiger partial charge in [-0.15, -0.1) is 0 Å². The SMILES string of the molecule is CC[C@@H]1CN(C)[C@H]2Cc3c([nH]c4ccccc34)[C@@H](c3ccc4c5c([nH]c4c3)[C@]3(C(=O)OC)C[C@H]4C[C@H](CC)[C@@H]3N(CC5)C4)C[C@@H]1[C@@H]2C(=O)OC. The van der Waals surface area contributed by atoms with E-state index in [1.165, 1.54) is 39.6 Å². The number of piperidine rings is 3. The summed E-state index contributed by atoms with van der Waals surface area (Å²) in [6.45, 7) is 7.61. The minimum atomic E-state index is -0.669. The number of carbonyl (C=O) groups is 2. The van der Waals surface area contributed by atoms with Crippen LogP contribution in [0.5, 0.6) is 0 Å². The number of hydrogen-bond acceptors (Lipinski definition) is 6. The molecule has 2 aliphatic carbocycles. The van der Waals surface area contributed by atoms with Crippen LogP contribution in [0.4, 0.5) is 0 Å². The normalized spacial score (nSPS) is 34.8. The van der Waals surface area contributed by atoms with Crippen LogP contribution < -0.4 is 0 Å². The molecule has 2 aromatic carbocycles. The van der Waals surface area contributed by atoms with Crippen LogP contribution in [0.1, 0.15) is 79.9 Å². The summed E-state index contributed by atoms with van der Waals surface area (Å²) < 4.78 is 11.3. The number of para-hydroxylation sites is 1. The molecule has 8 nitrogen and oxygen atoms in total. The van der Waals surface area contributed by atoms with E-state index in [-0.39, 0.29) is 41.8 Å². The molecule has 4 aromatic rings. The molecule has 2 aromatic heterocycles. The molecule has 264 valence electrons. The third-order valence-corrected chi connectivity index (χ3v) is 14.3. The van der Waals surface area contributed by atoms with E-state index < -0.39 is 5.41 Å². The number of methoxy groups -OCH3 is 2. The lowest BCUT2D eigenvalue weighted by atomic mass is 9.56. The Morgan fingerprint density at radius 2 is 1.72 bits per heavy atom. The molecule has 6 heterocycles. The van der Waals surface area contributed by atoms with E-state index in [1.807, 2.05) is 0 Å². The van der Waals surface area contributed by atoms with Gasteiger partial charge in [-0.3, -0.25) is 14.5 Å². The first-order chi connectivity index (χ1) is 24.3. The van der Waals surface area contributed by atoms with Crippen molar-refractivity contribution in [2.75, 3.05) is 40.9 Å². The highest BCUT2D eigenvalue weighted by molar-refractivity contribution is 5.92. The number of carbonyl (C=O) groups excluding carboxylic acids is 2. The van der Waals surface area contributed by atoms with Gasteiger partial charge in [0.25, 0.3) is 0 Å². The van der Waals surface area contributed by atoms with Crippen LogP contribution in [0.2, 0.25) is 0 Å². The van der Waals surface area contributed by atoms with Gasteiger partial charge in [-0.2, -0.15) is 0 Å². The van der Waals surface area contributed by atoms with Gasteiger partial charge in [0.2, 0.25) is 0 Å². The van der Waals surface area contributed by atoms with Gasteiger partial charge in [0.15, 0.2) is 0 Å². The molecule has 4 fully saturated rings. The van der Waals surface area contributed by atoms with Crippen molar-refractivity contribution in [2.24, 2.45) is 29.6 Å². The minimum absolute atomic E-state index is 0.0788. The molecule has 0 amide bonds. The number of esters is 2. The molecule has 3 saturated heterocycles. The summed E-state index contributed by atoms with van der Waals surface area (Å²) in [5.41, 5.74) is 7.83. The van der Waals surface area contributed by atoms with Gasteiger partial charge >= 0.3 is 11.9 Å². The number of aromatic amines is 2. The number of likely N-dealkylation sites (tertiary alicyclic amines) is 1. The third-order valence-electron chi connectivity index (χ3n) is 14.3. The summed E-state index contributed by atoms with van der Waals surface area (Å²) in [5.74, 6) is 1.32. The van der Waals surface area contributed by atoms with Crippen molar-refractivity contribution in [3.05, 3.63) is 70.5 Å². The van der Waals surface area contributed by atoms with Crippen LogP contribution in [0.15, 0.2) is 42.5 Å². The molecule has 2 N–H and O–H groups in total. The predicted octanol–water partition coefficient (Wildman–Crippen LogP) is 6.56. The second kappa shape index (κ2) is 12.0. The molecule has 6 aliphatic rings. The lowest BCUT2D eigenvalue weighted by Crippen LogP contribution is -2.67. The minimum Gasteiger partial charge on any atom is -0.469 e. The fourth-order valence-corrected chi connectivity index (χ4v) is 12.2. The number of hydrogen-bond donors (Lipinski definition) is 2. The molecule has 6 bridgehead atoms. The van der Waals surface area contributed by atoms with E-state index in [9.17, 15) is 9.59 Å². The van der Waals surface area contributed by atoms with Gasteiger partial charge in [0, 0.05) is 70.8 Å². The monoisotopic (exact) mass is 676 g/mol. The fraction of sp³-hybridized carbons (Fsp3) is 0.571. The Hall–Kier alpha value is -3.62. The number of H-pyrrole nitrogens is 2. The Labute approximate surface area is 295 Å². The predicted molar refractivity (Wildman–Crippen MR) is 195 cm³/mol. The van der Waals surface area contributed by atoms with Crippen LogP contribution in [-0.4, -0.2) is 84.7 Å².